The summed E-state index contributed by atoms with van der Waals surface area (Å²) < 4.78 is 0. The van der Waals surface area contributed by atoms with Crippen LogP contribution in [0.5, 0.6) is 0 Å². The third-order valence-electron chi connectivity index (χ3n) is 2.59. The topological polar surface area (TPSA) is 57.9 Å². The number of H-pyrrole nitrogens is 1. The van der Waals surface area contributed by atoms with E-state index in [0.717, 1.165) is 25.9 Å². The van der Waals surface area contributed by atoms with Gasteiger partial charge in [-0.15, -0.1) is 0 Å². The largest absolute Gasteiger partial charge is 0.330 e. The Labute approximate surface area is 78.1 Å². The molecule has 2 rings (SSSR count). The second kappa shape index (κ2) is 3.47. The predicted molar refractivity (Wildman–Crippen MR) is 51.4 cm³/mol. The van der Waals surface area contributed by atoms with Gasteiger partial charge in [-0.25, -0.2) is 0 Å². The van der Waals surface area contributed by atoms with Crippen molar-refractivity contribution in [3.8, 4) is 0 Å². The van der Waals surface area contributed by atoms with E-state index in [4.69, 9.17) is 5.73 Å². The summed E-state index contributed by atoms with van der Waals surface area (Å²) in [6.45, 7) is 2.81. The molecule has 0 unspecified atom stereocenters. The van der Waals surface area contributed by atoms with Gasteiger partial charge in [0.25, 0.3) is 0 Å². The summed E-state index contributed by atoms with van der Waals surface area (Å²) in [7, 11) is 2.13. The van der Waals surface area contributed by atoms with Gasteiger partial charge in [0.1, 0.15) is 0 Å². The molecule has 0 amide bonds. The van der Waals surface area contributed by atoms with Crippen molar-refractivity contribution in [2.45, 2.75) is 19.4 Å². The van der Waals surface area contributed by atoms with Crippen molar-refractivity contribution in [1.29, 1.82) is 0 Å². The first-order chi connectivity index (χ1) is 6.31. The highest BCUT2D eigenvalue weighted by Crippen LogP contribution is 2.18. The van der Waals surface area contributed by atoms with E-state index in [1.165, 1.54) is 17.0 Å². The Morgan fingerprint density at radius 3 is 3.23 bits per heavy atom. The normalized spacial score (nSPS) is 17.4. The van der Waals surface area contributed by atoms with E-state index < -0.39 is 0 Å². The van der Waals surface area contributed by atoms with Crippen molar-refractivity contribution < 1.29 is 0 Å². The van der Waals surface area contributed by atoms with E-state index in [2.05, 4.69) is 22.1 Å². The minimum absolute atomic E-state index is 0.688. The number of nitrogens with two attached hydrogens (primary N) is 1. The number of hydrogen-bond acceptors (Lipinski definition) is 3. The summed E-state index contributed by atoms with van der Waals surface area (Å²) >= 11 is 0. The summed E-state index contributed by atoms with van der Waals surface area (Å²) in [5, 5.41) is 7.38. The highest BCUT2D eigenvalue weighted by Gasteiger charge is 2.18. The van der Waals surface area contributed by atoms with Crippen LogP contribution in [0.15, 0.2) is 0 Å². The Hall–Kier alpha value is -0.870. The highest BCUT2D eigenvalue weighted by atomic mass is 15.2. The maximum atomic E-state index is 5.52. The fraction of sp³-hybridized carbons (Fsp3) is 0.667. The lowest BCUT2D eigenvalue weighted by atomic mass is 10.0. The molecule has 13 heavy (non-hydrogen) atoms. The second-order valence-electron chi connectivity index (χ2n) is 3.65. The monoisotopic (exact) mass is 180 g/mol. The van der Waals surface area contributed by atoms with E-state index in [-0.39, 0.29) is 0 Å². The van der Waals surface area contributed by atoms with E-state index in [9.17, 15) is 0 Å². The lowest BCUT2D eigenvalue weighted by molar-refractivity contribution is 0.308. The molecule has 1 aliphatic heterocycles. The molecule has 0 aromatic carbocycles. The number of hydrogen-bond donors (Lipinski definition) is 2. The molecule has 1 aliphatic rings. The van der Waals surface area contributed by atoms with Crippen LogP contribution in [-0.2, 0) is 19.4 Å². The van der Waals surface area contributed by atoms with E-state index >= 15 is 0 Å². The minimum Gasteiger partial charge on any atom is -0.330 e. The summed E-state index contributed by atoms with van der Waals surface area (Å²) in [4.78, 5) is 2.30. The molecule has 0 saturated carbocycles. The summed E-state index contributed by atoms with van der Waals surface area (Å²) in [5.74, 6) is 0. The summed E-state index contributed by atoms with van der Waals surface area (Å²) in [6, 6.07) is 0. The molecule has 4 nitrogen and oxygen atoms in total. The van der Waals surface area contributed by atoms with Crippen molar-refractivity contribution in [3.05, 3.63) is 17.0 Å². The quantitative estimate of drug-likeness (QED) is 0.668. The molecule has 0 radical (unpaired) electrons. The number of fused-ring (bicyclic) bond motifs is 1. The maximum Gasteiger partial charge on any atom is 0.0670 e. The Balaban J connectivity index is 2.23. The standard InChI is InChI=1S/C9H16N4/c1-13-5-3-7-8(2-4-10)11-12-9(7)6-13/h2-6,10H2,1H3,(H,11,12). The van der Waals surface area contributed by atoms with Gasteiger partial charge < -0.3 is 10.6 Å². The van der Waals surface area contributed by atoms with Gasteiger partial charge in [-0.3, -0.25) is 5.10 Å². The second-order valence-corrected chi connectivity index (χ2v) is 3.65. The number of nitrogens with one attached hydrogen (secondary N) is 1. The molecule has 0 saturated heterocycles. The molecule has 0 bridgehead atoms. The molecule has 3 N–H and O–H groups in total. The van der Waals surface area contributed by atoms with Crippen LogP contribution in [0.4, 0.5) is 0 Å². The third kappa shape index (κ3) is 1.59. The summed E-state index contributed by atoms with van der Waals surface area (Å²) in [6.07, 6.45) is 2.01. The first-order valence-electron chi connectivity index (χ1n) is 4.75. The minimum atomic E-state index is 0.688. The number of aromatic nitrogens is 2. The maximum absolute atomic E-state index is 5.52. The molecule has 0 fully saturated rings. The molecule has 0 spiro atoms. The molecule has 72 valence electrons. The van der Waals surface area contributed by atoms with Crippen LogP contribution < -0.4 is 5.73 Å². The highest BCUT2D eigenvalue weighted by molar-refractivity contribution is 5.27. The number of rotatable bonds is 2. The van der Waals surface area contributed by atoms with Crippen LogP contribution in [0.25, 0.3) is 0 Å². The SMILES string of the molecule is CN1CCc2c(CCN)n[nH]c2C1. The van der Waals surface area contributed by atoms with E-state index in [1.807, 2.05) is 0 Å². The smallest absolute Gasteiger partial charge is 0.0670 e. The van der Waals surface area contributed by atoms with Crippen molar-refractivity contribution in [3.63, 3.8) is 0 Å². The number of aromatic amines is 1. The average Bonchev–Trinajstić information content (AvgIpc) is 2.49. The average molecular weight is 180 g/mol. The Morgan fingerprint density at radius 1 is 1.62 bits per heavy atom. The molecular weight excluding hydrogens is 164 g/mol. The van der Waals surface area contributed by atoms with Gasteiger partial charge in [0, 0.05) is 19.5 Å². The van der Waals surface area contributed by atoms with Gasteiger partial charge in [-0.05, 0) is 25.6 Å². The van der Waals surface area contributed by atoms with Crippen LogP contribution in [0.3, 0.4) is 0 Å². The zero-order chi connectivity index (χ0) is 9.26. The Bertz CT molecular complexity index is 278. The fourth-order valence-corrected chi connectivity index (χ4v) is 1.87. The summed E-state index contributed by atoms with van der Waals surface area (Å²) in [5.41, 5.74) is 9.37. The van der Waals surface area contributed by atoms with Crippen LogP contribution in [0.1, 0.15) is 17.0 Å². The lowest BCUT2D eigenvalue weighted by Gasteiger charge is -2.21. The molecule has 4 heteroatoms. The van der Waals surface area contributed by atoms with Gasteiger partial charge in [-0.2, -0.15) is 5.10 Å². The molecular formula is C9H16N4. The van der Waals surface area contributed by atoms with Crippen LogP contribution >= 0.6 is 0 Å². The van der Waals surface area contributed by atoms with Crippen LogP contribution in [-0.4, -0.2) is 35.2 Å². The van der Waals surface area contributed by atoms with E-state index in [0.29, 0.717) is 6.54 Å². The first kappa shape index (κ1) is 8.72. The molecule has 0 atom stereocenters. The third-order valence-corrected chi connectivity index (χ3v) is 2.59. The Morgan fingerprint density at radius 2 is 2.46 bits per heavy atom. The fourth-order valence-electron chi connectivity index (χ4n) is 1.87. The van der Waals surface area contributed by atoms with Gasteiger partial charge >= 0.3 is 0 Å². The van der Waals surface area contributed by atoms with Crippen molar-refractivity contribution in [1.82, 2.24) is 15.1 Å². The zero-order valence-electron chi connectivity index (χ0n) is 8.01. The van der Waals surface area contributed by atoms with Gasteiger partial charge in [-0.1, -0.05) is 0 Å². The Kier molecular flexibility index (Phi) is 2.33. The zero-order valence-corrected chi connectivity index (χ0v) is 8.01. The molecule has 1 aromatic heterocycles. The van der Waals surface area contributed by atoms with Gasteiger partial charge in [0.15, 0.2) is 0 Å². The van der Waals surface area contributed by atoms with E-state index in [1.54, 1.807) is 0 Å². The lowest BCUT2D eigenvalue weighted by Crippen LogP contribution is -2.26. The number of likely N-dealkylation sites (N-methyl/N-ethyl adjacent to an activating group) is 1. The van der Waals surface area contributed by atoms with Gasteiger partial charge in [0.2, 0.25) is 0 Å². The van der Waals surface area contributed by atoms with Crippen LogP contribution in [0, 0.1) is 0 Å². The molecule has 0 aliphatic carbocycles. The molecule has 1 aromatic rings. The predicted octanol–water partition coefficient (Wildman–Crippen LogP) is -0.101. The van der Waals surface area contributed by atoms with Crippen molar-refractivity contribution in [2.24, 2.45) is 5.73 Å². The van der Waals surface area contributed by atoms with Crippen molar-refractivity contribution in [2.75, 3.05) is 20.1 Å². The molecule has 2 heterocycles. The first-order valence-corrected chi connectivity index (χ1v) is 4.75. The van der Waals surface area contributed by atoms with Crippen LogP contribution in [0.2, 0.25) is 0 Å². The van der Waals surface area contributed by atoms with Crippen molar-refractivity contribution >= 4 is 0 Å². The number of nitrogens with zero attached hydrogens (tertiary/aromatic N) is 2. The van der Waals surface area contributed by atoms with Gasteiger partial charge in [0.05, 0.1) is 11.4 Å².